The minimum atomic E-state index is -1.03. The van der Waals surface area contributed by atoms with Crippen molar-refractivity contribution in [3.63, 3.8) is 0 Å². The Hall–Kier alpha value is -3.84. The lowest BCUT2D eigenvalue weighted by Gasteiger charge is -2.12. The Morgan fingerprint density at radius 2 is 1.33 bits per heavy atom. The molecule has 7 nitrogen and oxygen atoms in total. The zero-order valence-electron chi connectivity index (χ0n) is 24.5. The first kappa shape index (κ1) is 32.7. The third kappa shape index (κ3) is 10.2. The highest BCUT2D eigenvalue weighted by atomic mass is 35.5. The molecule has 224 valence electrons. The fraction of sp³-hybridized carbons (Fsp3) is 0.382. The Morgan fingerprint density at radius 1 is 0.714 bits per heavy atom. The third-order valence-corrected chi connectivity index (χ3v) is 6.80. The fourth-order valence-electron chi connectivity index (χ4n) is 4.08. The van der Waals surface area contributed by atoms with E-state index in [1.807, 2.05) is 37.3 Å². The third-order valence-electron chi connectivity index (χ3n) is 6.51. The molecule has 1 atom stereocenters. The monoisotopic (exact) mass is 594 g/mol. The van der Waals surface area contributed by atoms with E-state index in [1.54, 1.807) is 12.1 Å². The van der Waals surface area contributed by atoms with Gasteiger partial charge in [0.1, 0.15) is 11.5 Å². The fourth-order valence-corrected chi connectivity index (χ4v) is 4.32. The number of ether oxygens (including phenoxy) is 4. The van der Waals surface area contributed by atoms with Gasteiger partial charge in [0.25, 0.3) is 0 Å². The highest BCUT2D eigenvalue weighted by Gasteiger charge is 2.20. The first-order chi connectivity index (χ1) is 20.3. The summed E-state index contributed by atoms with van der Waals surface area (Å²) in [6.45, 7) is 6.44. The first-order valence-electron chi connectivity index (χ1n) is 14.5. The van der Waals surface area contributed by atoms with Crippen LogP contribution in [-0.4, -0.2) is 37.2 Å². The van der Waals surface area contributed by atoms with Crippen molar-refractivity contribution in [1.82, 2.24) is 0 Å². The number of carbonyl (C=O) groups excluding carboxylic acids is 3. The topological polar surface area (TPSA) is 88.1 Å². The van der Waals surface area contributed by atoms with Crippen LogP contribution in [0.5, 0.6) is 11.5 Å². The molecule has 42 heavy (non-hydrogen) atoms. The van der Waals surface area contributed by atoms with Gasteiger partial charge in [0, 0.05) is 0 Å². The number of hydrogen-bond donors (Lipinski definition) is 0. The molecule has 0 aliphatic rings. The van der Waals surface area contributed by atoms with Crippen LogP contribution in [0.4, 0.5) is 0 Å². The highest BCUT2D eigenvalue weighted by molar-refractivity contribution is 6.32. The molecule has 0 saturated carbocycles. The molecule has 0 aliphatic heterocycles. The summed E-state index contributed by atoms with van der Waals surface area (Å²) in [4.78, 5) is 36.8. The van der Waals surface area contributed by atoms with Gasteiger partial charge in [0.15, 0.2) is 6.10 Å². The summed E-state index contributed by atoms with van der Waals surface area (Å²) in [5.41, 5.74) is 2.38. The van der Waals surface area contributed by atoms with Crippen LogP contribution >= 0.6 is 11.6 Å². The lowest BCUT2D eigenvalue weighted by Crippen LogP contribution is -2.26. The van der Waals surface area contributed by atoms with Crippen LogP contribution in [0.25, 0.3) is 11.1 Å². The van der Waals surface area contributed by atoms with Crippen LogP contribution in [0.1, 0.15) is 86.4 Å². The molecule has 0 heterocycles. The minimum absolute atomic E-state index is 0.215. The number of rotatable bonds is 16. The zero-order valence-corrected chi connectivity index (χ0v) is 25.3. The lowest BCUT2D eigenvalue weighted by atomic mass is 10.0. The maximum atomic E-state index is 12.7. The lowest BCUT2D eigenvalue weighted by molar-refractivity contribution is -0.153. The summed E-state index contributed by atoms with van der Waals surface area (Å²) in [6.07, 6.45) is 6.84. The van der Waals surface area contributed by atoms with Crippen molar-refractivity contribution < 1.29 is 33.3 Å². The van der Waals surface area contributed by atoms with E-state index in [9.17, 15) is 14.4 Å². The molecule has 0 aliphatic carbocycles. The molecule has 0 radical (unpaired) electrons. The Kier molecular flexibility index (Phi) is 13.4. The molecule has 3 rings (SSSR count). The van der Waals surface area contributed by atoms with Crippen molar-refractivity contribution in [2.24, 2.45) is 0 Å². The molecule has 1 unspecified atom stereocenters. The van der Waals surface area contributed by atoms with Gasteiger partial charge >= 0.3 is 17.9 Å². The van der Waals surface area contributed by atoms with Crippen molar-refractivity contribution in [2.45, 2.75) is 71.8 Å². The van der Waals surface area contributed by atoms with Crippen LogP contribution in [0, 0.1) is 0 Å². The van der Waals surface area contributed by atoms with Gasteiger partial charge in [-0.2, -0.15) is 0 Å². The molecule has 0 N–H and O–H groups in total. The van der Waals surface area contributed by atoms with Crippen molar-refractivity contribution in [3.05, 3.63) is 82.9 Å². The Bertz CT molecular complexity index is 1300. The number of carbonyl (C=O) groups is 3. The average Bonchev–Trinajstić information content (AvgIpc) is 3.00. The maximum absolute atomic E-state index is 12.7. The number of hydrogen-bond acceptors (Lipinski definition) is 7. The number of benzene rings is 3. The molecular formula is C34H39ClO7. The second-order valence-electron chi connectivity index (χ2n) is 9.97. The van der Waals surface area contributed by atoms with Crippen molar-refractivity contribution in [1.29, 1.82) is 0 Å². The van der Waals surface area contributed by atoms with E-state index in [2.05, 4.69) is 6.92 Å². The van der Waals surface area contributed by atoms with Crippen LogP contribution in [-0.2, 0) is 14.3 Å². The van der Waals surface area contributed by atoms with Crippen molar-refractivity contribution in [2.75, 3.05) is 13.2 Å². The first-order valence-corrected chi connectivity index (χ1v) is 14.9. The second kappa shape index (κ2) is 17.2. The number of halogens is 1. The molecule has 3 aromatic carbocycles. The summed E-state index contributed by atoms with van der Waals surface area (Å²) in [5, 5.41) is 0.542. The van der Waals surface area contributed by atoms with Crippen molar-refractivity contribution >= 4 is 29.5 Å². The smallest absolute Gasteiger partial charge is 0.347 e. The molecule has 0 saturated heterocycles. The van der Waals surface area contributed by atoms with Gasteiger partial charge < -0.3 is 18.9 Å². The van der Waals surface area contributed by atoms with Gasteiger partial charge in [-0.3, -0.25) is 0 Å². The van der Waals surface area contributed by atoms with E-state index in [-0.39, 0.29) is 17.9 Å². The van der Waals surface area contributed by atoms with Gasteiger partial charge in [-0.05, 0) is 79.4 Å². The molecule has 3 aromatic rings. The van der Waals surface area contributed by atoms with E-state index in [0.29, 0.717) is 29.4 Å². The predicted molar refractivity (Wildman–Crippen MR) is 163 cm³/mol. The van der Waals surface area contributed by atoms with Crippen molar-refractivity contribution in [3.8, 4) is 22.6 Å². The van der Waals surface area contributed by atoms with E-state index >= 15 is 0 Å². The van der Waals surface area contributed by atoms with E-state index in [1.165, 1.54) is 56.9 Å². The molecule has 0 spiro atoms. The van der Waals surface area contributed by atoms with Gasteiger partial charge in [-0.15, -0.1) is 0 Å². The highest BCUT2D eigenvalue weighted by Crippen LogP contribution is 2.31. The summed E-state index contributed by atoms with van der Waals surface area (Å²) in [7, 11) is 0. The summed E-state index contributed by atoms with van der Waals surface area (Å²) < 4.78 is 21.4. The van der Waals surface area contributed by atoms with Crippen LogP contribution < -0.4 is 9.47 Å². The van der Waals surface area contributed by atoms with Crippen LogP contribution in [0.15, 0.2) is 66.7 Å². The van der Waals surface area contributed by atoms with Gasteiger partial charge in [0.05, 0.1) is 29.4 Å². The maximum Gasteiger partial charge on any atom is 0.347 e. The SMILES string of the molecule is CCCCCCCCOc1ccc(-c2ccc(C(=O)Oc3ccc(C(=O)OC(C)C(=O)OCCC)cc3)cc2)cc1Cl. The van der Waals surface area contributed by atoms with Gasteiger partial charge in [-0.25, -0.2) is 14.4 Å². The van der Waals surface area contributed by atoms with Gasteiger partial charge in [0.2, 0.25) is 0 Å². The quantitative estimate of drug-likeness (QED) is 0.0933. The summed E-state index contributed by atoms with van der Waals surface area (Å²) >= 11 is 6.47. The molecule has 0 aromatic heterocycles. The molecule has 0 amide bonds. The molecule has 0 bridgehead atoms. The van der Waals surface area contributed by atoms with Crippen LogP contribution in [0.3, 0.4) is 0 Å². The van der Waals surface area contributed by atoms with Crippen LogP contribution in [0.2, 0.25) is 5.02 Å². The molecular weight excluding hydrogens is 556 g/mol. The van der Waals surface area contributed by atoms with E-state index < -0.39 is 24.0 Å². The number of esters is 3. The largest absolute Gasteiger partial charge is 0.492 e. The predicted octanol–water partition coefficient (Wildman–Crippen LogP) is 8.46. The number of unbranched alkanes of at least 4 members (excludes halogenated alkanes) is 5. The molecule has 8 heteroatoms. The van der Waals surface area contributed by atoms with E-state index in [0.717, 1.165) is 24.0 Å². The second-order valence-corrected chi connectivity index (χ2v) is 10.4. The normalized spacial score (nSPS) is 11.4. The Balaban J connectivity index is 1.51. The summed E-state index contributed by atoms with van der Waals surface area (Å²) in [6, 6.07) is 18.6. The standard InChI is InChI=1S/C34H39ClO7/c1-4-6-7-8-9-10-22-39-31-20-17-28(23-30(31)35)25-11-13-26(14-12-25)34(38)42-29-18-15-27(16-19-29)33(37)41-24(3)32(36)40-21-5-2/h11-20,23-24H,4-10,21-22H2,1-3H3. The van der Waals surface area contributed by atoms with Gasteiger partial charge in [-0.1, -0.05) is 75.8 Å². The minimum Gasteiger partial charge on any atom is -0.492 e. The molecule has 0 fully saturated rings. The zero-order chi connectivity index (χ0) is 30.3. The summed E-state index contributed by atoms with van der Waals surface area (Å²) in [5.74, 6) is -0.894. The Labute approximate surface area is 253 Å². The van der Waals surface area contributed by atoms with E-state index in [4.69, 9.17) is 30.5 Å². The average molecular weight is 595 g/mol. The Morgan fingerprint density at radius 3 is 2.00 bits per heavy atom.